The molecule has 2 aromatic carbocycles. The van der Waals surface area contributed by atoms with Crippen LogP contribution in [0.2, 0.25) is 0 Å². The number of carboxylic acids is 1. The summed E-state index contributed by atoms with van der Waals surface area (Å²) in [5, 5.41) is 8.63. The Labute approximate surface area is 152 Å². The predicted octanol–water partition coefficient (Wildman–Crippen LogP) is 4.07. The van der Waals surface area contributed by atoms with Crippen molar-refractivity contribution in [1.29, 1.82) is 0 Å². The molecule has 27 heavy (non-hydrogen) atoms. The monoisotopic (exact) mass is 380 g/mol. The van der Waals surface area contributed by atoms with E-state index in [4.69, 9.17) is 14.6 Å². The Morgan fingerprint density at radius 1 is 1.07 bits per heavy atom. The van der Waals surface area contributed by atoms with E-state index in [1.54, 1.807) is 0 Å². The molecule has 0 bridgehead atoms. The fraction of sp³-hybridized carbons (Fsp3) is 0.158. The van der Waals surface area contributed by atoms with Crippen molar-refractivity contribution in [3.63, 3.8) is 0 Å². The van der Waals surface area contributed by atoms with E-state index >= 15 is 0 Å². The second-order valence-electron chi connectivity index (χ2n) is 5.37. The molecule has 0 aliphatic rings. The van der Waals surface area contributed by atoms with Gasteiger partial charge in [-0.3, -0.25) is 4.79 Å². The molecule has 0 spiro atoms. The average Bonchev–Trinajstić information content (AvgIpc) is 2.63. The maximum Gasteiger partial charge on any atom is 0.416 e. The molecule has 0 aromatic heterocycles. The molecule has 0 atom stereocenters. The van der Waals surface area contributed by atoms with Crippen LogP contribution in [0, 0.1) is 0 Å². The lowest BCUT2D eigenvalue weighted by Gasteiger charge is -2.10. The summed E-state index contributed by atoms with van der Waals surface area (Å²) in [4.78, 5) is 22.8. The van der Waals surface area contributed by atoms with E-state index in [2.05, 4.69) is 0 Å². The first kappa shape index (κ1) is 20.0. The van der Waals surface area contributed by atoms with Crippen LogP contribution in [-0.4, -0.2) is 30.6 Å². The predicted molar refractivity (Wildman–Crippen MR) is 90.9 cm³/mol. The first-order valence-electron chi connectivity index (χ1n) is 7.63. The number of carbonyl (C=O) groups is 2. The van der Waals surface area contributed by atoms with E-state index in [9.17, 15) is 22.8 Å². The van der Waals surface area contributed by atoms with Gasteiger partial charge in [0.15, 0.2) is 23.9 Å². The van der Waals surface area contributed by atoms with Crippen LogP contribution < -0.4 is 9.47 Å². The highest BCUT2D eigenvalue weighted by Crippen LogP contribution is 2.30. The van der Waals surface area contributed by atoms with Gasteiger partial charge >= 0.3 is 12.1 Å². The number of methoxy groups -OCH3 is 1. The number of aliphatic carboxylic acids is 1. The molecule has 0 unspecified atom stereocenters. The molecule has 0 amide bonds. The molecule has 0 aliphatic carbocycles. The number of rotatable bonds is 7. The number of ether oxygens (including phenoxy) is 2. The van der Waals surface area contributed by atoms with Gasteiger partial charge in [0, 0.05) is 5.56 Å². The van der Waals surface area contributed by atoms with Gasteiger partial charge in [-0.2, -0.15) is 13.2 Å². The number of carbonyl (C=O) groups excluding carboxylic acids is 1. The number of hydrogen-bond acceptors (Lipinski definition) is 4. The highest BCUT2D eigenvalue weighted by atomic mass is 19.4. The van der Waals surface area contributed by atoms with Crippen LogP contribution in [0.3, 0.4) is 0 Å². The van der Waals surface area contributed by atoms with Gasteiger partial charge in [-0.25, -0.2) is 4.79 Å². The van der Waals surface area contributed by atoms with Gasteiger partial charge in [0.2, 0.25) is 0 Å². The zero-order valence-corrected chi connectivity index (χ0v) is 14.1. The Balaban J connectivity index is 2.13. The van der Waals surface area contributed by atoms with Crippen LogP contribution >= 0.6 is 0 Å². The molecule has 2 aromatic rings. The number of halogens is 3. The molecule has 142 valence electrons. The third-order valence-electron chi connectivity index (χ3n) is 3.46. The van der Waals surface area contributed by atoms with E-state index in [0.717, 1.165) is 12.1 Å². The van der Waals surface area contributed by atoms with Crippen molar-refractivity contribution in [2.24, 2.45) is 0 Å². The Hall–Kier alpha value is -3.29. The van der Waals surface area contributed by atoms with Crippen LogP contribution in [0.5, 0.6) is 11.5 Å². The Morgan fingerprint density at radius 3 is 2.30 bits per heavy atom. The molecule has 0 fully saturated rings. The third-order valence-corrected chi connectivity index (χ3v) is 3.46. The summed E-state index contributed by atoms with van der Waals surface area (Å²) in [5.41, 5.74) is -0.0879. The summed E-state index contributed by atoms with van der Waals surface area (Å²) in [7, 11) is 1.34. The van der Waals surface area contributed by atoms with Gasteiger partial charge in [0.1, 0.15) is 0 Å². The van der Waals surface area contributed by atoms with Gasteiger partial charge in [0.05, 0.1) is 12.7 Å². The van der Waals surface area contributed by atoms with E-state index in [1.165, 1.54) is 49.6 Å². The van der Waals surface area contributed by atoms with E-state index in [1.807, 2.05) is 0 Å². The summed E-state index contributed by atoms with van der Waals surface area (Å²) >= 11 is 0. The van der Waals surface area contributed by atoms with Gasteiger partial charge < -0.3 is 14.6 Å². The summed E-state index contributed by atoms with van der Waals surface area (Å²) in [6.45, 7) is -0.558. The summed E-state index contributed by atoms with van der Waals surface area (Å²) < 4.78 is 47.7. The third kappa shape index (κ3) is 5.60. The van der Waals surface area contributed by atoms with Crippen LogP contribution in [-0.2, 0) is 11.0 Å². The van der Waals surface area contributed by atoms with Crippen molar-refractivity contribution < 1.29 is 37.3 Å². The summed E-state index contributed by atoms with van der Waals surface area (Å²) in [5.74, 6) is -1.21. The molecule has 0 saturated carbocycles. The molecule has 0 heterocycles. The van der Waals surface area contributed by atoms with Crippen LogP contribution in [0.1, 0.15) is 21.5 Å². The number of hydrogen-bond donors (Lipinski definition) is 1. The van der Waals surface area contributed by atoms with Crippen LogP contribution in [0.4, 0.5) is 13.2 Å². The van der Waals surface area contributed by atoms with E-state index < -0.39 is 30.1 Å². The van der Waals surface area contributed by atoms with E-state index in [0.29, 0.717) is 5.56 Å². The number of carboxylic acid groups (broad SMARTS) is 1. The minimum absolute atomic E-state index is 0.170. The summed E-state index contributed by atoms with van der Waals surface area (Å²) in [6, 6.07) is 8.60. The fourth-order valence-electron chi connectivity index (χ4n) is 2.13. The fourth-order valence-corrected chi connectivity index (χ4v) is 2.13. The topological polar surface area (TPSA) is 72.8 Å². The lowest BCUT2D eigenvalue weighted by molar-refractivity contribution is -0.139. The Kier molecular flexibility index (Phi) is 6.23. The first-order chi connectivity index (χ1) is 12.7. The second kappa shape index (κ2) is 8.39. The van der Waals surface area contributed by atoms with Gasteiger partial charge in [0.25, 0.3) is 0 Å². The molecule has 8 heteroatoms. The molecule has 1 N–H and O–H groups in total. The molecule has 0 radical (unpaired) electrons. The maximum absolute atomic E-state index is 12.5. The SMILES string of the molecule is COc1cc(C(=O)/C=C/c2ccc(C(F)(F)F)cc2)ccc1OCC(=O)O. The number of alkyl halides is 3. The molecule has 0 aliphatic heterocycles. The smallest absolute Gasteiger partial charge is 0.416 e. The molecular formula is C19H15F3O5. The largest absolute Gasteiger partial charge is 0.493 e. The summed E-state index contributed by atoms with van der Waals surface area (Å²) in [6.07, 6.45) is -1.81. The van der Waals surface area contributed by atoms with E-state index in [-0.39, 0.29) is 17.1 Å². The minimum atomic E-state index is -4.42. The van der Waals surface area contributed by atoms with Crippen molar-refractivity contribution in [2.75, 3.05) is 13.7 Å². The van der Waals surface area contributed by atoms with Crippen molar-refractivity contribution in [3.05, 3.63) is 65.2 Å². The molecular weight excluding hydrogens is 365 g/mol. The van der Waals surface area contributed by atoms with Crippen molar-refractivity contribution >= 4 is 17.8 Å². The maximum atomic E-state index is 12.5. The van der Waals surface area contributed by atoms with Crippen molar-refractivity contribution in [1.82, 2.24) is 0 Å². The Morgan fingerprint density at radius 2 is 1.74 bits per heavy atom. The lowest BCUT2D eigenvalue weighted by atomic mass is 10.1. The van der Waals surface area contributed by atoms with Crippen molar-refractivity contribution in [2.45, 2.75) is 6.18 Å². The zero-order chi connectivity index (χ0) is 20.0. The first-order valence-corrected chi connectivity index (χ1v) is 7.63. The molecule has 0 saturated heterocycles. The van der Waals surface area contributed by atoms with Gasteiger partial charge in [-0.05, 0) is 42.0 Å². The molecule has 5 nitrogen and oxygen atoms in total. The zero-order valence-electron chi connectivity index (χ0n) is 14.1. The van der Waals surface area contributed by atoms with Crippen LogP contribution in [0.15, 0.2) is 48.5 Å². The average molecular weight is 380 g/mol. The standard InChI is InChI=1S/C19H15F3O5/c1-26-17-10-13(5-9-16(17)27-11-18(24)25)15(23)8-4-12-2-6-14(7-3-12)19(20,21)22/h2-10H,11H2,1H3,(H,24,25)/b8-4+. The second-order valence-corrected chi connectivity index (χ2v) is 5.37. The Bertz CT molecular complexity index is 855. The normalized spacial score (nSPS) is 11.4. The number of ketones is 1. The highest BCUT2D eigenvalue weighted by Gasteiger charge is 2.29. The quantitative estimate of drug-likeness (QED) is 0.579. The number of benzene rings is 2. The van der Waals surface area contributed by atoms with Gasteiger partial charge in [-0.15, -0.1) is 0 Å². The van der Waals surface area contributed by atoms with Crippen molar-refractivity contribution in [3.8, 4) is 11.5 Å². The lowest BCUT2D eigenvalue weighted by Crippen LogP contribution is -2.10. The molecule has 2 rings (SSSR count). The van der Waals surface area contributed by atoms with Crippen LogP contribution in [0.25, 0.3) is 6.08 Å². The minimum Gasteiger partial charge on any atom is -0.493 e. The number of allylic oxidation sites excluding steroid dienone is 1. The highest BCUT2D eigenvalue weighted by molar-refractivity contribution is 6.07. The van der Waals surface area contributed by atoms with Gasteiger partial charge in [-0.1, -0.05) is 18.2 Å².